The maximum Gasteiger partial charge on any atom is 0.433 e. The van der Waals surface area contributed by atoms with E-state index in [2.05, 4.69) is 9.97 Å². The number of H-pyrrole nitrogens is 1. The lowest BCUT2D eigenvalue weighted by atomic mass is 10.2. The molecule has 8 heteroatoms. The van der Waals surface area contributed by atoms with Crippen LogP contribution >= 0.6 is 0 Å². The minimum atomic E-state index is -4.68. The quantitative estimate of drug-likeness (QED) is 0.748. The number of nitrogens with one attached hydrogen (secondary N) is 1. The molecule has 3 rings (SSSR count). The van der Waals surface area contributed by atoms with Crippen molar-refractivity contribution in [3.8, 4) is 5.69 Å². The second kappa shape index (κ2) is 5.08. The number of halogens is 3. The van der Waals surface area contributed by atoms with Gasteiger partial charge in [0.05, 0.1) is 11.1 Å². The van der Waals surface area contributed by atoms with Gasteiger partial charge in [0, 0.05) is 0 Å². The molecule has 0 unspecified atom stereocenters. The van der Waals surface area contributed by atoms with Crippen LogP contribution < -0.4 is 11.2 Å². The van der Waals surface area contributed by atoms with Crippen LogP contribution in [0.15, 0.2) is 46.0 Å². The highest BCUT2D eigenvalue weighted by Crippen LogP contribution is 2.28. The Bertz CT molecular complexity index is 1020. The summed E-state index contributed by atoms with van der Waals surface area (Å²) in [6, 6.07) is 8.36. The predicted octanol–water partition coefficient (Wildman–Crippen LogP) is 2.40. The summed E-state index contributed by atoms with van der Waals surface area (Å²) in [7, 11) is 0. The zero-order valence-electron chi connectivity index (χ0n) is 11.8. The lowest BCUT2D eigenvalue weighted by Gasteiger charge is -2.13. The van der Waals surface area contributed by atoms with Gasteiger partial charge in [0.15, 0.2) is 5.65 Å². The molecule has 2 heterocycles. The fourth-order valence-corrected chi connectivity index (χ4v) is 2.31. The van der Waals surface area contributed by atoms with Crippen molar-refractivity contribution in [3.63, 3.8) is 0 Å². The molecule has 0 atom stereocenters. The van der Waals surface area contributed by atoms with E-state index >= 15 is 0 Å². The molecule has 3 aromatic rings. The first-order valence-electron chi connectivity index (χ1n) is 6.58. The van der Waals surface area contributed by atoms with Gasteiger partial charge in [-0.3, -0.25) is 9.78 Å². The molecule has 5 nitrogen and oxygen atoms in total. The third kappa shape index (κ3) is 2.52. The number of fused-ring (bicyclic) bond motifs is 1. The van der Waals surface area contributed by atoms with Crippen LogP contribution in [0.1, 0.15) is 11.3 Å². The molecule has 118 valence electrons. The number of hydrogen-bond acceptors (Lipinski definition) is 3. The van der Waals surface area contributed by atoms with E-state index in [0.29, 0.717) is 17.3 Å². The monoisotopic (exact) mass is 321 g/mol. The van der Waals surface area contributed by atoms with Crippen LogP contribution in [0.5, 0.6) is 0 Å². The van der Waals surface area contributed by atoms with Gasteiger partial charge in [-0.1, -0.05) is 18.2 Å². The first-order chi connectivity index (χ1) is 10.8. The van der Waals surface area contributed by atoms with Crippen LogP contribution in [-0.4, -0.2) is 14.5 Å². The third-order valence-electron chi connectivity index (χ3n) is 3.40. The summed E-state index contributed by atoms with van der Waals surface area (Å²) < 4.78 is 39.7. The molecule has 1 N–H and O–H groups in total. The van der Waals surface area contributed by atoms with Crippen molar-refractivity contribution < 1.29 is 13.2 Å². The summed E-state index contributed by atoms with van der Waals surface area (Å²) in [5, 5.41) is -0.0964. The second-order valence-corrected chi connectivity index (χ2v) is 4.95. The molecule has 0 saturated heterocycles. The molecule has 0 spiro atoms. The first kappa shape index (κ1) is 15.0. The van der Waals surface area contributed by atoms with Gasteiger partial charge in [0.25, 0.3) is 5.56 Å². The molecule has 0 radical (unpaired) electrons. The zero-order valence-corrected chi connectivity index (χ0v) is 11.8. The lowest BCUT2D eigenvalue weighted by Crippen LogP contribution is -2.30. The molecule has 0 aliphatic heterocycles. The van der Waals surface area contributed by atoms with E-state index in [1.807, 2.05) is 0 Å². The summed E-state index contributed by atoms with van der Waals surface area (Å²) in [5.74, 6) is 0. The summed E-state index contributed by atoms with van der Waals surface area (Å²) in [4.78, 5) is 29.6. The van der Waals surface area contributed by atoms with Crippen LogP contribution in [-0.2, 0) is 6.18 Å². The average Bonchev–Trinajstić information content (AvgIpc) is 2.47. The van der Waals surface area contributed by atoms with Crippen molar-refractivity contribution >= 4 is 11.0 Å². The van der Waals surface area contributed by atoms with Gasteiger partial charge in [0.2, 0.25) is 0 Å². The molecule has 0 aliphatic carbocycles. The van der Waals surface area contributed by atoms with Crippen molar-refractivity contribution in [2.45, 2.75) is 13.1 Å². The SMILES string of the molecule is Cc1ccccc1-n1c(=O)[nH]c(=O)c2ccc(C(F)(F)F)nc21. The van der Waals surface area contributed by atoms with Crippen molar-refractivity contribution in [3.05, 3.63) is 68.5 Å². The van der Waals surface area contributed by atoms with Crippen molar-refractivity contribution in [2.75, 3.05) is 0 Å². The Kier molecular flexibility index (Phi) is 3.32. The van der Waals surface area contributed by atoms with Crippen LogP contribution in [0.4, 0.5) is 13.2 Å². The van der Waals surface area contributed by atoms with Gasteiger partial charge in [0.1, 0.15) is 5.69 Å². The predicted molar refractivity (Wildman–Crippen MR) is 77.7 cm³/mol. The number of benzene rings is 1. The molecular weight excluding hydrogens is 311 g/mol. The van der Waals surface area contributed by atoms with E-state index in [9.17, 15) is 22.8 Å². The van der Waals surface area contributed by atoms with Gasteiger partial charge in [-0.15, -0.1) is 0 Å². The molecule has 1 aromatic carbocycles. The topological polar surface area (TPSA) is 67.8 Å². The minimum absolute atomic E-state index is 0.0964. The van der Waals surface area contributed by atoms with Gasteiger partial charge >= 0.3 is 11.9 Å². The van der Waals surface area contributed by atoms with E-state index < -0.39 is 23.1 Å². The first-order valence-corrected chi connectivity index (χ1v) is 6.58. The van der Waals surface area contributed by atoms with Crippen LogP contribution in [0.25, 0.3) is 16.7 Å². The highest BCUT2D eigenvalue weighted by Gasteiger charge is 2.33. The molecule has 0 fully saturated rings. The zero-order chi connectivity index (χ0) is 16.8. The van der Waals surface area contributed by atoms with E-state index in [1.54, 1.807) is 31.2 Å². The number of aromatic nitrogens is 3. The standard InChI is InChI=1S/C15H10F3N3O2/c1-8-4-2-3-5-10(8)21-12-9(13(22)20-14(21)23)6-7-11(19-12)15(16,17)18/h2-7H,1H3,(H,20,22,23). The van der Waals surface area contributed by atoms with Crippen molar-refractivity contribution in [1.82, 2.24) is 14.5 Å². The summed E-state index contributed by atoms with van der Waals surface area (Å²) in [6.07, 6.45) is -4.68. The van der Waals surface area contributed by atoms with E-state index in [1.165, 1.54) is 0 Å². The maximum absolute atomic E-state index is 12.9. The molecular formula is C15H10F3N3O2. The Hall–Kier alpha value is -2.90. The highest BCUT2D eigenvalue weighted by atomic mass is 19.4. The molecule has 0 saturated carbocycles. The Morgan fingerprint density at radius 3 is 2.43 bits per heavy atom. The van der Waals surface area contributed by atoms with Crippen LogP contribution in [0, 0.1) is 6.92 Å². The molecule has 23 heavy (non-hydrogen) atoms. The minimum Gasteiger partial charge on any atom is -0.273 e. The number of nitrogens with zero attached hydrogens (tertiary/aromatic N) is 2. The number of aromatic amines is 1. The second-order valence-electron chi connectivity index (χ2n) is 4.95. The summed E-state index contributed by atoms with van der Waals surface area (Å²) >= 11 is 0. The fraction of sp³-hybridized carbons (Fsp3) is 0.133. The lowest BCUT2D eigenvalue weighted by molar-refractivity contribution is -0.141. The maximum atomic E-state index is 12.9. The van der Waals surface area contributed by atoms with Crippen molar-refractivity contribution in [1.29, 1.82) is 0 Å². The van der Waals surface area contributed by atoms with Gasteiger partial charge < -0.3 is 0 Å². The number of para-hydroxylation sites is 1. The normalized spacial score (nSPS) is 11.8. The average molecular weight is 321 g/mol. The smallest absolute Gasteiger partial charge is 0.273 e. The number of aryl methyl sites for hydroxylation is 1. The Morgan fingerprint density at radius 1 is 1.09 bits per heavy atom. The van der Waals surface area contributed by atoms with Crippen LogP contribution in [0.2, 0.25) is 0 Å². The van der Waals surface area contributed by atoms with E-state index in [0.717, 1.165) is 10.6 Å². The molecule has 0 amide bonds. The molecule has 0 bridgehead atoms. The highest BCUT2D eigenvalue weighted by molar-refractivity contribution is 5.76. The Labute approximate surface area is 127 Å². The van der Waals surface area contributed by atoms with Crippen LogP contribution in [0.3, 0.4) is 0 Å². The number of rotatable bonds is 1. The number of hydrogen-bond donors (Lipinski definition) is 1. The largest absolute Gasteiger partial charge is 0.433 e. The molecule has 0 aliphatic rings. The third-order valence-corrected chi connectivity index (χ3v) is 3.40. The van der Waals surface area contributed by atoms with Gasteiger partial charge in [-0.05, 0) is 30.7 Å². The Balaban J connectivity index is 2.48. The summed E-state index contributed by atoms with van der Waals surface area (Å²) in [6.45, 7) is 1.70. The van der Waals surface area contributed by atoms with Crippen molar-refractivity contribution in [2.24, 2.45) is 0 Å². The number of alkyl halides is 3. The Morgan fingerprint density at radius 2 is 1.78 bits per heavy atom. The van der Waals surface area contributed by atoms with Gasteiger partial charge in [-0.2, -0.15) is 13.2 Å². The molecule has 2 aromatic heterocycles. The fourth-order valence-electron chi connectivity index (χ4n) is 2.31. The van der Waals surface area contributed by atoms with E-state index in [4.69, 9.17) is 0 Å². The summed E-state index contributed by atoms with van der Waals surface area (Å²) in [5.41, 5.74) is -2.12. The van der Waals surface area contributed by atoms with E-state index in [-0.39, 0.29) is 11.0 Å². The van der Waals surface area contributed by atoms with Gasteiger partial charge in [-0.25, -0.2) is 14.3 Å². The number of pyridine rings is 1.